The number of urea groups is 1. The van der Waals surface area contributed by atoms with Crippen LogP contribution in [0.5, 0.6) is 0 Å². The summed E-state index contributed by atoms with van der Waals surface area (Å²) in [4.78, 5) is 25.4. The Morgan fingerprint density at radius 2 is 1.29 bits per heavy atom. The smallest absolute Gasteiger partial charge is 0.337 e. The van der Waals surface area contributed by atoms with Crippen molar-refractivity contribution < 1.29 is 19.4 Å². The van der Waals surface area contributed by atoms with Crippen molar-refractivity contribution in [3.05, 3.63) is 75.3 Å². The molecule has 0 spiro atoms. The Morgan fingerprint density at radius 3 is 1.71 bits per heavy atom. The Hall–Kier alpha value is -3.64. The molecular formula is C32H40N2O4. The highest BCUT2D eigenvalue weighted by molar-refractivity contribution is 6.00. The number of aryl methyl sites for hydroxylation is 4. The van der Waals surface area contributed by atoms with Gasteiger partial charge in [0.1, 0.15) is 0 Å². The molecule has 0 aliphatic rings. The lowest BCUT2D eigenvalue weighted by atomic mass is 9.81. The number of amides is 2. The van der Waals surface area contributed by atoms with Crippen molar-refractivity contribution in [3.63, 3.8) is 0 Å². The minimum atomic E-state index is -1.25. The van der Waals surface area contributed by atoms with E-state index in [9.17, 15) is 14.7 Å². The van der Waals surface area contributed by atoms with Crippen LogP contribution in [-0.2, 0) is 9.53 Å². The molecule has 2 amide bonds. The molecule has 0 saturated carbocycles. The number of rotatable bonds is 6. The Bertz CT molecular complexity index is 1400. The zero-order chi connectivity index (χ0) is 28.5. The van der Waals surface area contributed by atoms with Gasteiger partial charge in [-0.15, -0.1) is 0 Å². The summed E-state index contributed by atoms with van der Waals surface area (Å²) in [7, 11) is 1.56. The molecule has 1 unspecified atom stereocenters. The van der Waals surface area contributed by atoms with Crippen molar-refractivity contribution >= 4 is 17.7 Å². The standard InChI is InChI=1S/C32H40N2O4/c1-17-11-13-23(15-19(17)3)25-21(5)26(24-14-12-18(2)20(4)16-24)28(34-31(37)33-10)22(6)27(25)29(30(35)36)38-32(7,8)9/h11-16,29H,1-10H3,(H,35,36)(H2,33,34,37). The maximum Gasteiger partial charge on any atom is 0.337 e. The first-order valence-electron chi connectivity index (χ1n) is 12.9. The Kier molecular flexibility index (Phi) is 8.37. The Balaban J connectivity index is 2.56. The van der Waals surface area contributed by atoms with Crippen LogP contribution in [0.1, 0.15) is 65.8 Å². The van der Waals surface area contributed by atoms with Crippen LogP contribution >= 0.6 is 0 Å². The number of anilines is 1. The largest absolute Gasteiger partial charge is 0.479 e. The average Bonchev–Trinajstić information content (AvgIpc) is 2.82. The van der Waals surface area contributed by atoms with E-state index in [1.807, 2.05) is 53.7 Å². The first-order chi connectivity index (χ1) is 17.7. The lowest BCUT2D eigenvalue weighted by molar-refractivity contribution is -0.160. The van der Waals surface area contributed by atoms with E-state index in [0.29, 0.717) is 16.8 Å². The summed E-state index contributed by atoms with van der Waals surface area (Å²) < 4.78 is 6.18. The highest BCUT2D eigenvalue weighted by atomic mass is 16.5. The molecule has 3 aromatic rings. The molecule has 3 N–H and O–H groups in total. The van der Waals surface area contributed by atoms with Gasteiger partial charge in [-0.1, -0.05) is 36.4 Å². The summed E-state index contributed by atoms with van der Waals surface area (Å²) in [6, 6.07) is 12.0. The molecule has 6 nitrogen and oxygen atoms in total. The van der Waals surface area contributed by atoms with Gasteiger partial charge in [-0.2, -0.15) is 0 Å². The fourth-order valence-corrected chi connectivity index (χ4v) is 4.80. The van der Waals surface area contributed by atoms with Crippen LogP contribution in [0.3, 0.4) is 0 Å². The second-order valence-electron chi connectivity index (χ2n) is 11.0. The predicted molar refractivity (Wildman–Crippen MR) is 155 cm³/mol. The van der Waals surface area contributed by atoms with Crippen molar-refractivity contribution in [2.75, 3.05) is 12.4 Å². The molecule has 0 saturated heterocycles. The Labute approximate surface area is 226 Å². The van der Waals surface area contributed by atoms with Gasteiger partial charge >= 0.3 is 12.0 Å². The minimum Gasteiger partial charge on any atom is -0.479 e. The van der Waals surface area contributed by atoms with Gasteiger partial charge in [0, 0.05) is 18.2 Å². The van der Waals surface area contributed by atoms with Gasteiger partial charge in [0.2, 0.25) is 0 Å². The molecule has 38 heavy (non-hydrogen) atoms. The third-order valence-corrected chi connectivity index (χ3v) is 7.06. The average molecular weight is 517 g/mol. The van der Waals surface area contributed by atoms with Gasteiger partial charge in [-0.3, -0.25) is 0 Å². The lowest BCUT2D eigenvalue weighted by Gasteiger charge is -2.31. The van der Waals surface area contributed by atoms with Crippen molar-refractivity contribution in [3.8, 4) is 22.3 Å². The maximum absolute atomic E-state index is 12.7. The second-order valence-corrected chi connectivity index (χ2v) is 11.0. The van der Waals surface area contributed by atoms with Gasteiger partial charge in [-0.25, -0.2) is 9.59 Å². The van der Waals surface area contributed by atoms with Crippen LogP contribution < -0.4 is 10.6 Å². The highest BCUT2D eigenvalue weighted by Gasteiger charge is 2.34. The molecule has 0 aliphatic heterocycles. The number of aliphatic carboxylic acids is 1. The van der Waals surface area contributed by atoms with Crippen LogP contribution in [0.15, 0.2) is 36.4 Å². The van der Waals surface area contributed by atoms with Gasteiger partial charge < -0.3 is 20.5 Å². The number of carbonyl (C=O) groups is 2. The maximum atomic E-state index is 12.7. The van der Waals surface area contributed by atoms with Gasteiger partial charge in [0.15, 0.2) is 6.10 Å². The van der Waals surface area contributed by atoms with Gasteiger partial charge in [-0.05, 0) is 112 Å². The minimum absolute atomic E-state index is 0.383. The summed E-state index contributed by atoms with van der Waals surface area (Å²) in [5.74, 6) is -1.09. The van der Waals surface area contributed by atoms with Gasteiger partial charge in [0.25, 0.3) is 0 Å². The summed E-state index contributed by atoms with van der Waals surface area (Å²) >= 11 is 0. The van der Waals surface area contributed by atoms with Crippen LogP contribution in [0, 0.1) is 41.5 Å². The number of benzene rings is 3. The lowest BCUT2D eigenvalue weighted by Crippen LogP contribution is -2.30. The number of carbonyl (C=O) groups excluding carboxylic acids is 1. The first kappa shape index (κ1) is 28.9. The van der Waals surface area contributed by atoms with E-state index in [0.717, 1.165) is 44.5 Å². The zero-order valence-corrected chi connectivity index (χ0v) is 24.2. The topological polar surface area (TPSA) is 87.7 Å². The summed E-state index contributed by atoms with van der Waals surface area (Å²) in [6.45, 7) is 17.6. The van der Waals surface area contributed by atoms with Crippen molar-refractivity contribution in [2.24, 2.45) is 0 Å². The van der Waals surface area contributed by atoms with Crippen LogP contribution in [-0.4, -0.2) is 29.8 Å². The third-order valence-electron chi connectivity index (χ3n) is 7.06. The van der Waals surface area contributed by atoms with Gasteiger partial charge in [0.05, 0.1) is 11.3 Å². The number of hydrogen-bond donors (Lipinski definition) is 3. The van der Waals surface area contributed by atoms with E-state index < -0.39 is 17.7 Å². The van der Waals surface area contributed by atoms with Crippen molar-refractivity contribution in [1.82, 2.24) is 5.32 Å². The molecule has 0 fully saturated rings. The molecule has 3 rings (SSSR count). The van der Waals surface area contributed by atoms with Crippen LogP contribution in [0.25, 0.3) is 22.3 Å². The number of hydrogen-bond acceptors (Lipinski definition) is 3. The molecule has 1 atom stereocenters. The normalized spacial score (nSPS) is 12.3. The number of carboxylic acid groups (broad SMARTS) is 1. The van der Waals surface area contributed by atoms with Crippen molar-refractivity contribution in [2.45, 2.75) is 74.0 Å². The van der Waals surface area contributed by atoms with Crippen LogP contribution in [0.2, 0.25) is 0 Å². The van der Waals surface area contributed by atoms with Crippen LogP contribution in [0.4, 0.5) is 10.5 Å². The van der Waals surface area contributed by atoms with E-state index in [-0.39, 0.29) is 6.03 Å². The summed E-state index contributed by atoms with van der Waals surface area (Å²) in [6.07, 6.45) is -1.25. The monoisotopic (exact) mass is 516 g/mol. The molecular weight excluding hydrogens is 476 g/mol. The number of nitrogens with one attached hydrogen (secondary N) is 2. The molecule has 3 aromatic carbocycles. The second kappa shape index (κ2) is 11.0. The van der Waals surface area contributed by atoms with E-state index in [4.69, 9.17) is 4.74 Å². The number of ether oxygens (including phenoxy) is 1. The van der Waals surface area contributed by atoms with E-state index >= 15 is 0 Å². The predicted octanol–water partition coefficient (Wildman–Crippen LogP) is 7.56. The van der Waals surface area contributed by atoms with E-state index in [1.54, 1.807) is 7.05 Å². The molecule has 0 bridgehead atoms. The quantitative estimate of drug-likeness (QED) is 0.315. The molecule has 202 valence electrons. The van der Waals surface area contributed by atoms with E-state index in [2.05, 4.69) is 55.7 Å². The fraction of sp³-hybridized carbons (Fsp3) is 0.375. The first-order valence-corrected chi connectivity index (χ1v) is 12.9. The number of carboxylic acids is 1. The third kappa shape index (κ3) is 5.91. The molecule has 0 radical (unpaired) electrons. The molecule has 0 heterocycles. The molecule has 0 aliphatic carbocycles. The zero-order valence-electron chi connectivity index (χ0n) is 24.2. The fourth-order valence-electron chi connectivity index (χ4n) is 4.80. The summed E-state index contributed by atoms with van der Waals surface area (Å²) in [5, 5.41) is 16.1. The van der Waals surface area contributed by atoms with Crippen molar-refractivity contribution in [1.29, 1.82) is 0 Å². The molecule has 0 aromatic heterocycles. The Morgan fingerprint density at radius 1 is 0.789 bits per heavy atom. The SMILES string of the molecule is CNC(=O)Nc1c(C)c(C(OC(C)(C)C)C(=O)O)c(-c2ccc(C)c(C)c2)c(C)c1-c1ccc(C)c(C)c1. The summed E-state index contributed by atoms with van der Waals surface area (Å²) in [5.41, 5.74) is 9.96. The molecule has 6 heteroatoms. The highest BCUT2D eigenvalue weighted by Crippen LogP contribution is 2.47. The van der Waals surface area contributed by atoms with E-state index in [1.165, 1.54) is 5.56 Å².